The lowest BCUT2D eigenvalue weighted by atomic mass is 9.95. The number of allylic oxidation sites excluding steroid dienone is 1. The number of carbonyl (C=O) groups excluding carboxylic acids is 2. The first-order valence-electron chi connectivity index (χ1n) is 9.91. The number of ketones is 1. The monoisotopic (exact) mass is 423 g/mol. The Morgan fingerprint density at radius 2 is 1.81 bits per heavy atom. The summed E-state index contributed by atoms with van der Waals surface area (Å²) in [5, 5.41) is 19.4. The number of rotatable bonds is 10. The topological polar surface area (TPSA) is 96.3 Å². The van der Waals surface area contributed by atoms with E-state index in [2.05, 4.69) is 0 Å². The second-order valence-corrected chi connectivity index (χ2v) is 6.88. The fourth-order valence-electron chi connectivity index (χ4n) is 3.42. The zero-order valence-corrected chi connectivity index (χ0v) is 17.2. The first-order valence-corrected chi connectivity index (χ1v) is 9.91. The van der Waals surface area contributed by atoms with E-state index in [0.29, 0.717) is 11.3 Å². The quantitative estimate of drug-likeness (QED) is 0.451. The van der Waals surface area contributed by atoms with Crippen LogP contribution in [0.2, 0.25) is 0 Å². The van der Waals surface area contributed by atoms with Gasteiger partial charge in [-0.3, -0.25) is 9.59 Å². The molecule has 1 aliphatic heterocycles. The van der Waals surface area contributed by atoms with E-state index in [0.717, 1.165) is 5.56 Å². The zero-order chi connectivity index (χ0) is 22.2. The molecule has 0 bridgehead atoms. The Hall–Kier alpha value is -3.42. The fraction of sp³-hybridized carbons (Fsp3) is 0.250. The lowest BCUT2D eigenvalue weighted by Crippen LogP contribution is -2.34. The van der Waals surface area contributed by atoms with E-state index in [1.54, 1.807) is 37.5 Å². The lowest BCUT2D eigenvalue weighted by molar-refractivity contribution is -0.130. The van der Waals surface area contributed by atoms with Crippen LogP contribution in [0.5, 0.6) is 5.75 Å². The second-order valence-electron chi connectivity index (χ2n) is 6.88. The predicted octanol–water partition coefficient (Wildman–Crippen LogP) is 2.68. The van der Waals surface area contributed by atoms with Crippen LogP contribution in [0.1, 0.15) is 17.2 Å². The van der Waals surface area contributed by atoms with E-state index in [4.69, 9.17) is 14.6 Å². The summed E-state index contributed by atoms with van der Waals surface area (Å²) in [4.78, 5) is 27.2. The van der Waals surface area contributed by atoms with Crippen LogP contribution in [0.25, 0.3) is 6.08 Å². The molecule has 0 saturated carbocycles. The number of hydrogen-bond acceptors (Lipinski definition) is 6. The highest BCUT2D eigenvalue weighted by molar-refractivity contribution is 6.14. The van der Waals surface area contributed by atoms with Gasteiger partial charge in [0.2, 0.25) is 0 Å². The van der Waals surface area contributed by atoms with Gasteiger partial charge in [0.25, 0.3) is 5.91 Å². The molecule has 2 aromatic carbocycles. The summed E-state index contributed by atoms with van der Waals surface area (Å²) in [7, 11) is 1.55. The third-order valence-corrected chi connectivity index (χ3v) is 4.94. The Morgan fingerprint density at radius 3 is 2.45 bits per heavy atom. The van der Waals surface area contributed by atoms with Crippen molar-refractivity contribution in [2.75, 3.05) is 33.5 Å². The van der Waals surface area contributed by atoms with Gasteiger partial charge in [0.05, 0.1) is 38.5 Å². The molecule has 1 atom stereocenters. The minimum absolute atomic E-state index is 0.0181. The Labute approximate surface area is 180 Å². The molecule has 0 saturated heterocycles. The van der Waals surface area contributed by atoms with Crippen LogP contribution in [0.15, 0.2) is 72.0 Å². The van der Waals surface area contributed by atoms with Crippen LogP contribution in [-0.4, -0.2) is 60.3 Å². The Balaban J connectivity index is 1.92. The van der Waals surface area contributed by atoms with Gasteiger partial charge >= 0.3 is 0 Å². The molecular formula is C24H25NO6. The van der Waals surface area contributed by atoms with Crippen molar-refractivity contribution in [3.05, 3.63) is 83.1 Å². The zero-order valence-electron chi connectivity index (χ0n) is 17.2. The molecule has 2 aromatic rings. The summed E-state index contributed by atoms with van der Waals surface area (Å²) < 4.78 is 10.5. The van der Waals surface area contributed by atoms with Gasteiger partial charge in [-0.25, -0.2) is 0 Å². The van der Waals surface area contributed by atoms with E-state index in [1.165, 1.54) is 11.0 Å². The fourth-order valence-corrected chi connectivity index (χ4v) is 3.42. The van der Waals surface area contributed by atoms with Crippen LogP contribution < -0.4 is 4.74 Å². The normalized spacial score (nSPS) is 16.4. The minimum Gasteiger partial charge on any atom is -0.503 e. The van der Waals surface area contributed by atoms with Gasteiger partial charge in [0, 0.05) is 6.54 Å². The SMILES string of the molecule is COc1ccc(C2C(C(=O)/C=C/c3ccccc3)=C(O)C(=O)N2CCOCCO)cc1. The molecule has 2 N–H and O–H groups in total. The first-order chi connectivity index (χ1) is 15.1. The number of aliphatic hydroxyl groups excluding tert-OH is 2. The smallest absolute Gasteiger partial charge is 0.290 e. The van der Waals surface area contributed by atoms with Gasteiger partial charge in [0.1, 0.15) is 5.75 Å². The van der Waals surface area contributed by atoms with E-state index in [9.17, 15) is 14.7 Å². The molecule has 3 rings (SSSR count). The molecule has 0 spiro atoms. The average molecular weight is 423 g/mol. The molecule has 162 valence electrons. The third-order valence-electron chi connectivity index (χ3n) is 4.94. The number of hydrogen-bond donors (Lipinski definition) is 2. The highest BCUT2D eigenvalue weighted by Crippen LogP contribution is 2.38. The number of aliphatic hydroxyl groups is 2. The summed E-state index contributed by atoms with van der Waals surface area (Å²) in [6, 6.07) is 15.5. The van der Waals surface area contributed by atoms with Crippen molar-refractivity contribution < 1.29 is 29.3 Å². The highest BCUT2D eigenvalue weighted by atomic mass is 16.5. The van der Waals surface area contributed by atoms with Crippen LogP contribution in [-0.2, 0) is 14.3 Å². The summed E-state index contributed by atoms with van der Waals surface area (Å²) >= 11 is 0. The number of methoxy groups -OCH3 is 1. The maximum Gasteiger partial charge on any atom is 0.290 e. The van der Waals surface area contributed by atoms with Crippen molar-refractivity contribution in [3.8, 4) is 5.75 Å². The standard InChI is InChI=1S/C24H25NO6/c1-30-19-10-8-18(9-11-19)22-21(20(27)12-7-17-5-3-2-4-6-17)23(28)24(29)25(22)13-15-31-16-14-26/h2-12,22,26,28H,13-16H2,1H3/b12-7+. The molecule has 1 heterocycles. The Morgan fingerprint density at radius 1 is 1.10 bits per heavy atom. The van der Waals surface area contributed by atoms with Gasteiger partial charge in [-0.1, -0.05) is 48.5 Å². The summed E-state index contributed by atoms with van der Waals surface area (Å²) in [6.07, 6.45) is 3.00. The molecule has 0 radical (unpaired) electrons. The average Bonchev–Trinajstić information content (AvgIpc) is 3.06. The number of carbonyl (C=O) groups is 2. The molecule has 1 unspecified atom stereocenters. The van der Waals surface area contributed by atoms with Crippen LogP contribution in [0, 0.1) is 0 Å². The molecule has 0 aromatic heterocycles. The summed E-state index contributed by atoms with van der Waals surface area (Å²) in [5.41, 5.74) is 1.51. The Bertz CT molecular complexity index is 965. The first kappa shape index (κ1) is 22.3. The highest BCUT2D eigenvalue weighted by Gasteiger charge is 2.42. The largest absolute Gasteiger partial charge is 0.503 e. The summed E-state index contributed by atoms with van der Waals surface area (Å²) in [6.45, 7) is 0.319. The number of nitrogens with zero attached hydrogens (tertiary/aromatic N) is 1. The second kappa shape index (κ2) is 10.6. The molecule has 0 fully saturated rings. The summed E-state index contributed by atoms with van der Waals surface area (Å²) in [5.74, 6) is -1.01. The molecule has 31 heavy (non-hydrogen) atoms. The van der Waals surface area contributed by atoms with Crippen molar-refractivity contribution in [1.29, 1.82) is 0 Å². The number of benzene rings is 2. The van der Waals surface area contributed by atoms with Gasteiger partial charge in [0.15, 0.2) is 11.5 Å². The third kappa shape index (κ3) is 5.20. The van der Waals surface area contributed by atoms with Crippen LogP contribution >= 0.6 is 0 Å². The Kier molecular flexibility index (Phi) is 7.59. The van der Waals surface area contributed by atoms with E-state index < -0.39 is 23.5 Å². The molecule has 7 heteroatoms. The van der Waals surface area contributed by atoms with Gasteiger partial charge in [-0.15, -0.1) is 0 Å². The van der Waals surface area contributed by atoms with Crippen molar-refractivity contribution in [2.45, 2.75) is 6.04 Å². The van der Waals surface area contributed by atoms with Crippen molar-refractivity contribution in [3.63, 3.8) is 0 Å². The van der Waals surface area contributed by atoms with Gasteiger partial charge in [-0.2, -0.15) is 0 Å². The van der Waals surface area contributed by atoms with Crippen molar-refractivity contribution >= 4 is 17.8 Å². The van der Waals surface area contributed by atoms with E-state index in [-0.39, 0.29) is 31.9 Å². The number of ether oxygens (including phenoxy) is 2. The van der Waals surface area contributed by atoms with Gasteiger partial charge in [-0.05, 0) is 29.3 Å². The van der Waals surface area contributed by atoms with Crippen molar-refractivity contribution in [1.82, 2.24) is 4.90 Å². The predicted molar refractivity (Wildman–Crippen MR) is 115 cm³/mol. The number of amides is 1. The van der Waals surface area contributed by atoms with E-state index >= 15 is 0 Å². The van der Waals surface area contributed by atoms with Crippen LogP contribution in [0.3, 0.4) is 0 Å². The molecule has 1 aliphatic rings. The maximum absolute atomic E-state index is 13.0. The lowest BCUT2D eigenvalue weighted by Gasteiger charge is -2.26. The molecule has 1 amide bonds. The minimum atomic E-state index is -0.760. The maximum atomic E-state index is 13.0. The van der Waals surface area contributed by atoms with Crippen molar-refractivity contribution in [2.24, 2.45) is 0 Å². The molecule has 7 nitrogen and oxygen atoms in total. The molecular weight excluding hydrogens is 398 g/mol. The van der Waals surface area contributed by atoms with E-state index in [1.807, 2.05) is 30.3 Å². The van der Waals surface area contributed by atoms with Gasteiger partial charge < -0.3 is 24.6 Å². The molecule has 0 aliphatic carbocycles. The van der Waals surface area contributed by atoms with Crippen LogP contribution in [0.4, 0.5) is 0 Å².